The van der Waals surface area contributed by atoms with Crippen LogP contribution in [0.15, 0.2) is 43.0 Å². The number of halogens is 2. The number of aliphatic hydroxyl groups is 1. The van der Waals surface area contributed by atoms with Gasteiger partial charge in [-0.2, -0.15) is 10.4 Å². The standard InChI is InChI=1S/C20H14ClFN8O/c21-14-1-11(5-23)2-15(22)20(14)30-16-3-17(24-6-12(16)7-27-30)28-18-4-19(26-10-25-18)29-8-13(31)9-29/h1-4,6-7,10,13,31H,8-9H2,(H,24,25,26,28). The number of pyridine rings is 1. The Labute approximate surface area is 180 Å². The number of benzene rings is 1. The van der Waals surface area contributed by atoms with Crippen LogP contribution in [-0.2, 0) is 0 Å². The van der Waals surface area contributed by atoms with Crippen molar-refractivity contribution in [2.75, 3.05) is 23.3 Å². The summed E-state index contributed by atoms with van der Waals surface area (Å²) in [6.45, 7) is 1.05. The molecule has 1 aliphatic heterocycles. The average molecular weight is 437 g/mol. The molecule has 1 fully saturated rings. The van der Waals surface area contributed by atoms with Crippen LogP contribution in [0.3, 0.4) is 0 Å². The number of hydrogen-bond acceptors (Lipinski definition) is 8. The summed E-state index contributed by atoms with van der Waals surface area (Å²) in [7, 11) is 0. The van der Waals surface area contributed by atoms with Crippen LogP contribution in [-0.4, -0.2) is 49.0 Å². The van der Waals surface area contributed by atoms with Crippen LogP contribution in [0.2, 0.25) is 5.02 Å². The van der Waals surface area contributed by atoms with Crippen LogP contribution >= 0.6 is 11.6 Å². The molecule has 11 heteroatoms. The van der Waals surface area contributed by atoms with Gasteiger partial charge < -0.3 is 15.3 Å². The first-order valence-corrected chi connectivity index (χ1v) is 9.65. The van der Waals surface area contributed by atoms with Gasteiger partial charge in [0.2, 0.25) is 0 Å². The lowest BCUT2D eigenvalue weighted by molar-refractivity contribution is 0.141. The van der Waals surface area contributed by atoms with Gasteiger partial charge in [-0.15, -0.1) is 0 Å². The van der Waals surface area contributed by atoms with Crippen LogP contribution in [0.4, 0.5) is 21.8 Å². The highest BCUT2D eigenvalue weighted by atomic mass is 35.5. The smallest absolute Gasteiger partial charge is 0.151 e. The van der Waals surface area contributed by atoms with Gasteiger partial charge in [0.1, 0.15) is 29.5 Å². The van der Waals surface area contributed by atoms with Gasteiger partial charge in [-0.3, -0.25) is 0 Å². The Hall–Kier alpha value is -3.81. The molecule has 1 saturated heterocycles. The number of β-amino-alcohol motifs (C(OH)–C–C–N with tert-alkyl or cyclic N) is 1. The van der Waals surface area contributed by atoms with Crippen molar-refractivity contribution < 1.29 is 9.50 Å². The Morgan fingerprint density at radius 1 is 1.13 bits per heavy atom. The Morgan fingerprint density at radius 3 is 2.68 bits per heavy atom. The second-order valence-corrected chi connectivity index (χ2v) is 7.44. The van der Waals surface area contributed by atoms with Crippen LogP contribution in [0.1, 0.15) is 5.56 Å². The molecule has 2 N–H and O–H groups in total. The highest BCUT2D eigenvalue weighted by molar-refractivity contribution is 6.32. The van der Waals surface area contributed by atoms with Crippen molar-refractivity contribution >= 4 is 40.0 Å². The van der Waals surface area contributed by atoms with Crippen molar-refractivity contribution in [3.63, 3.8) is 0 Å². The molecule has 0 amide bonds. The molecule has 4 aromatic rings. The zero-order chi connectivity index (χ0) is 21.5. The summed E-state index contributed by atoms with van der Waals surface area (Å²) in [6, 6.07) is 7.84. The third-order valence-corrected chi connectivity index (χ3v) is 5.19. The number of anilines is 3. The Kier molecular flexibility index (Phi) is 4.62. The number of aliphatic hydroxyl groups excluding tert-OH is 1. The van der Waals surface area contributed by atoms with E-state index < -0.39 is 5.82 Å². The molecule has 3 aromatic heterocycles. The minimum Gasteiger partial charge on any atom is -0.389 e. The van der Waals surface area contributed by atoms with E-state index in [9.17, 15) is 9.50 Å². The van der Waals surface area contributed by atoms with E-state index in [0.717, 1.165) is 6.07 Å². The van der Waals surface area contributed by atoms with Gasteiger partial charge in [-0.1, -0.05) is 11.6 Å². The number of fused-ring (bicyclic) bond motifs is 1. The van der Waals surface area contributed by atoms with Crippen molar-refractivity contribution in [1.29, 1.82) is 5.26 Å². The molecule has 0 radical (unpaired) electrons. The van der Waals surface area contributed by atoms with Crippen LogP contribution in [0.5, 0.6) is 0 Å². The van der Waals surface area contributed by atoms with E-state index in [1.807, 2.05) is 11.0 Å². The first kappa shape index (κ1) is 19.2. The second kappa shape index (κ2) is 7.46. The van der Waals surface area contributed by atoms with Crippen LogP contribution in [0.25, 0.3) is 16.6 Å². The summed E-state index contributed by atoms with van der Waals surface area (Å²) in [5.74, 6) is 1.03. The maximum atomic E-state index is 14.7. The highest BCUT2D eigenvalue weighted by Gasteiger charge is 2.25. The Morgan fingerprint density at radius 2 is 1.94 bits per heavy atom. The molecular formula is C20H14ClFN8O. The van der Waals surface area contributed by atoms with E-state index in [1.165, 1.54) is 17.1 Å². The summed E-state index contributed by atoms with van der Waals surface area (Å²) in [6.07, 6.45) is 4.24. The van der Waals surface area contributed by atoms with E-state index in [4.69, 9.17) is 16.9 Å². The van der Waals surface area contributed by atoms with Gasteiger partial charge in [-0.25, -0.2) is 24.0 Å². The van der Waals surface area contributed by atoms with Crippen LogP contribution < -0.4 is 10.2 Å². The number of aromatic nitrogens is 5. The number of hydrogen-bond donors (Lipinski definition) is 2. The van der Waals surface area contributed by atoms with E-state index in [2.05, 4.69) is 25.4 Å². The number of nitrogens with one attached hydrogen (secondary N) is 1. The summed E-state index contributed by atoms with van der Waals surface area (Å²) < 4.78 is 16.0. The fourth-order valence-corrected chi connectivity index (χ4v) is 3.65. The van der Waals surface area contributed by atoms with Crippen LogP contribution in [0, 0.1) is 17.1 Å². The molecule has 31 heavy (non-hydrogen) atoms. The zero-order valence-corrected chi connectivity index (χ0v) is 16.6. The predicted molar refractivity (Wildman–Crippen MR) is 112 cm³/mol. The van der Waals surface area contributed by atoms with Crippen molar-refractivity contribution in [2.45, 2.75) is 6.10 Å². The van der Waals surface area contributed by atoms with E-state index in [-0.39, 0.29) is 22.4 Å². The molecule has 1 aromatic carbocycles. The van der Waals surface area contributed by atoms with E-state index in [1.54, 1.807) is 24.5 Å². The third kappa shape index (κ3) is 3.50. The van der Waals surface area contributed by atoms with E-state index >= 15 is 0 Å². The first-order valence-electron chi connectivity index (χ1n) is 9.27. The normalized spacial score (nSPS) is 13.8. The summed E-state index contributed by atoms with van der Waals surface area (Å²) in [5.41, 5.74) is 0.748. The second-order valence-electron chi connectivity index (χ2n) is 7.03. The van der Waals surface area contributed by atoms with Gasteiger partial charge in [0.25, 0.3) is 0 Å². The molecule has 0 spiro atoms. The lowest BCUT2D eigenvalue weighted by atomic mass is 10.2. The quantitative estimate of drug-likeness (QED) is 0.501. The van der Waals surface area contributed by atoms with Crippen molar-refractivity contribution in [1.82, 2.24) is 24.7 Å². The maximum Gasteiger partial charge on any atom is 0.151 e. The molecule has 4 heterocycles. The topological polar surface area (TPSA) is 116 Å². The fraction of sp³-hybridized carbons (Fsp3) is 0.150. The molecular weight excluding hydrogens is 423 g/mol. The zero-order valence-electron chi connectivity index (χ0n) is 15.9. The van der Waals surface area contributed by atoms with Gasteiger partial charge in [0.15, 0.2) is 5.82 Å². The molecule has 0 saturated carbocycles. The lowest BCUT2D eigenvalue weighted by Crippen LogP contribution is -2.51. The van der Waals surface area contributed by atoms with Gasteiger partial charge in [0, 0.05) is 36.8 Å². The highest BCUT2D eigenvalue weighted by Crippen LogP contribution is 2.29. The minimum atomic E-state index is -0.655. The molecule has 0 unspecified atom stereocenters. The van der Waals surface area contributed by atoms with Gasteiger partial charge in [0.05, 0.1) is 34.5 Å². The molecule has 154 valence electrons. The minimum absolute atomic E-state index is 0.0495. The molecule has 9 nitrogen and oxygen atoms in total. The molecule has 0 atom stereocenters. The number of nitrogens with zero attached hydrogens (tertiary/aromatic N) is 7. The van der Waals surface area contributed by atoms with Crippen molar-refractivity contribution in [3.8, 4) is 11.8 Å². The van der Waals surface area contributed by atoms with E-state index in [0.29, 0.717) is 41.4 Å². The number of rotatable bonds is 4. The van der Waals surface area contributed by atoms with Crippen molar-refractivity contribution in [3.05, 3.63) is 59.4 Å². The third-order valence-electron chi connectivity index (χ3n) is 4.91. The Bertz CT molecular complexity index is 1320. The maximum absolute atomic E-state index is 14.7. The summed E-state index contributed by atoms with van der Waals surface area (Å²) in [4.78, 5) is 14.7. The average Bonchev–Trinajstić information content (AvgIpc) is 3.14. The molecule has 1 aliphatic rings. The Balaban J connectivity index is 1.49. The first-order chi connectivity index (χ1) is 15.0. The monoisotopic (exact) mass is 436 g/mol. The number of nitriles is 1. The summed E-state index contributed by atoms with van der Waals surface area (Å²) in [5, 5.41) is 26.6. The molecule has 0 bridgehead atoms. The summed E-state index contributed by atoms with van der Waals surface area (Å²) >= 11 is 6.23. The largest absolute Gasteiger partial charge is 0.389 e. The van der Waals surface area contributed by atoms with Crippen molar-refractivity contribution in [2.24, 2.45) is 0 Å². The molecule has 0 aliphatic carbocycles. The lowest BCUT2D eigenvalue weighted by Gasteiger charge is -2.36. The fourth-order valence-electron chi connectivity index (χ4n) is 3.36. The SMILES string of the molecule is N#Cc1cc(F)c(-n2ncc3cnc(Nc4cc(N5CC(O)C5)ncn4)cc32)c(Cl)c1. The van der Waals surface area contributed by atoms with Gasteiger partial charge >= 0.3 is 0 Å². The molecule has 5 rings (SSSR count). The predicted octanol–water partition coefficient (Wildman–Crippen LogP) is 2.80. The van der Waals surface area contributed by atoms with Gasteiger partial charge in [-0.05, 0) is 12.1 Å².